The molecule has 23 heavy (non-hydrogen) atoms. The van der Waals surface area contributed by atoms with Crippen LogP contribution in [0.3, 0.4) is 0 Å². The van der Waals surface area contributed by atoms with Crippen molar-refractivity contribution in [2.75, 3.05) is 13.1 Å². The first-order valence-electron chi connectivity index (χ1n) is 6.97. The average Bonchev–Trinajstić information content (AvgIpc) is 2.86. The van der Waals surface area contributed by atoms with Crippen LogP contribution in [0.1, 0.15) is 16.8 Å². The minimum absolute atomic E-state index is 0.0257. The number of hydrogen-bond donors (Lipinski definition) is 3. The molecule has 1 aromatic heterocycles. The minimum atomic E-state index is -1.15. The van der Waals surface area contributed by atoms with E-state index in [0.29, 0.717) is 11.3 Å². The molecular formula is C15H17N3O5. The number of carboxylic acid groups (broad SMARTS) is 1. The lowest BCUT2D eigenvalue weighted by Crippen LogP contribution is -2.39. The second-order valence-corrected chi connectivity index (χ2v) is 5.21. The summed E-state index contributed by atoms with van der Waals surface area (Å²) in [6.45, 7) is 3.06. The fourth-order valence-electron chi connectivity index (χ4n) is 2.20. The van der Waals surface area contributed by atoms with Gasteiger partial charge < -0.3 is 20.3 Å². The van der Waals surface area contributed by atoms with E-state index in [1.54, 1.807) is 0 Å². The Hall–Kier alpha value is -2.90. The van der Waals surface area contributed by atoms with Gasteiger partial charge in [-0.1, -0.05) is 11.2 Å². The van der Waals surface area contributed by atoms with Crippen LogP contribution < -0.4 is 10.6 Å². The predicted octanol–water partition coefficient (Wildman–Crippen LogP) is 0.304. The van der Waals surface area contributed by atoms with Crippen LogP contribution in [0.4, 0.5) is 0 Å². The normalized spacial score (nSPS) is 10.5. The molecule has 8 heteroatoms. The Bertz CT molecular complexity index is 766. The lowest BCUT2D eigenvalue weighted by molar-refractivity contribution is -0.137. The maximum Gasteiger partial charge on any atom is 0.322 e. The van der Waals surface area contributed by atoms with Crippen molar-refractivity contribution in [2.45, 2.75) is 20.3 Å². The number of amides is 2. The Morgan fingerprint density at radius 1 is 1.13 bits per heavy atom. The maximum absolute atomic E-state index is 11.9. The van der Waals surface area contributed by atoms with Gasteiger partial charge in [-0.15, -0.1) is 0 Å². The van der Waals surface area contributed by atoms with Crippen LogP contribution in [0.15, 0.2) is 16.7 Å². The van der Waals surface area contributed by atoms with Crippen LogP contribution in [0.5, 0.6) is 0 Å². The zero-order chi connectivity index (χ0) is 17.0. The molecule has 3 N–H and O–H groups in total. The second kappa shape index (κ2) is 6.91. The summed E-state index contributed by atoms with van der Waals surface area (Å²) in [5, 5.41) is 17.7. The van der Waals surface area contributed by atoms with Gasteiger partial charge in [0, 0.05) is 5.39 Å². The van der Waals surface area contributed by atoms with E-state index < -0.39 is 24.3 Å². The van der Waals surface area contributed by atoms with Gasteiger partial charge in [0.2, 0.25) is 11.8 Å². The summed E-state index contributed by atoms with van der Waals surface area (Å²) in [7, 11) is 0. The SMILES string of the molecule is Cc1cc(C)c2onc(CC(=O)NCC(=O)NCC(=O)O)c2c1. The number of benzene rings is 1. The van der Waals surface area contributed by atoms with Gasteiger partial charge in [-0.25, -0.2) is 0 Å². The van der Waals surface area contributed by atoms with Gasteiger partial charge in [-0.05, 0) is 31.0 Å². The Morgan fingerprint density at radius 2 is 1.83 bits per heavy atom. The molecule has 8 nitrogen and oxygen atoms in total. The number of aliphatic carboxylic acids is 1. The number of carbonyl (C=O) groups excluding carboxylic acids is 2. The van der Waals surface area contributed by atoms with Gasteiger partial charge in [0.15, 0.2) is 5.58 Å². The van der Waals surface area contributed by atoms with Gasteiger partial charge in [0.1, 0.15) is 12.2 Å². The molecule has 0 bridgehead atoms. The highest BCUT2D eigenvalue weighted by Crippen LogP contribution is 2.23. The van der Waals surface area contributed by atoms with Crippen molar-refractivity contribution in [1.82, 2.24) is 15.8 Å². The third-order valence-corrected chi connectivity index (χ3v) is 3.19. The average molecular weight is 319 g/mol. The van der Waals surface area contributed by atoms with Crippen LogP contribution in [0, 0.1) is 13.8 Å². The molecule has 0 spiro atoms. The van der Waals surface area contributed by atoms with E-state index in [4.69, 9.17) is 9.63 Å². The summed E-state index contributed by atoms with van der Waals surface area (Å²) in [5.74, 6) is -2.12. The standard InChI is InChI=1S/C15H17N3O5/c1-8-3-9(2)15-10(4-8)11(18-23-15)5-12(19)16-6-13(20)17-7-14(21)22/h3-4H,5-7H2,1-2H3,(H,16,19)(H,17,20)(H,21,22). The van der Waals surface area contributed by atoms with Gasteiger partial charge in [0.25, 0.3) is 0 Å². The van der Waals surface area contributed by atoms with Crippen LogP contribution in [0.2, 0.25) is 0 Å². The number of hydrogen-bond acceptors (Lipinski definition) is 5. The van der Waals surface area contributed by atoms with E-state index in [1.165, 1.54) is 0 Å². The number of aryl methyl sites for hydroxylation is 2. The summed E-state index contributed by atoms with van der Waals surface area (Å²) in [4.78, 5) is 33.5. The summed E-state index contributed by atoms with van der Waals surface area (Å²) in [6.07, 6.45) is -0.0257. The molecule has 2 amide bonds. The zero-order valence-electron chi connectivity index (χ0n) is 12.8. The van der Waals surface area contributed by atoms with Gasteiger partial charge in [-0.2, -0.15) is 0 Å². The molecular weight excluding hydrogens is 302 g/mol. The molecule has 0 aliphatic rings. The summed E-state index contributed by atoms with van der Waals surface area (Å²) < 4.78 is 5.25. The fraction of sp³-hybridized carbons (Fsp3) is 0.333. The molecule has 122 valence electrons. The lowest BCUT2D eigenvalue weighted by atomic mass is 10.1. The molecule has 1 aromatic carbocycles. The molecule has 2 rings (SSSR count). The van der Waals surface area contributed by atoms with Crippen LogP contribution in [0.25, 0.3) is 11.0 Å². The largest absolute Gasteiger partial charge is 0.480 e. The fourth-order valence-corrected chi connectivity index (χ4v) is 2.20. The van der Waals surface area contributed by atoms with Crippen LogP contribution in [-0.2, 0) is 20.8 Å². The van der Waals surface area contributed by atoms with E-state index in [9.17, 15) is 14.4 Å². The summed E-state index contributed by atoms with van der Waals surface area (Å²) >= 11 is 0. The van der Waals surface area contributed by atoms with Gasteiger partial charge in [-0.3, -0.25) is 14.4 Å². The zero-order valence-corrected chi connectivity index (χ0v) is 12.8. The summed E-state index contributed by atoms with van der Waals surface area (Å²) in [5.41, 5.74) is 3.10. The Morgan fingerprint density at radius 3 is 2.52 bits per heavy atom. The van der Waals surface area contributed by atoms with Crippen molar-refractivity contribution in [2.24, 2.45) is 0 Å². The Labute approximate surface area is 131 Å². The van der Waals surface area contributed by atoms with Crippen molar-refractivity contribution >= 4 is 28.8 Å². The first-order valence-corrected chi connectivity index (χ1v) is 6.97. The van der Waals surface area contributed by atoms with Gasteiger partial charge in [0.05, 0.1) is 13.0 Å². The molecule has 0 unspecified atom stereocenters. The minimum Gasteiger partial charge on any atom is -0.480 e. The third kappa shape index (κ3) is 4.29. The monoisotopic (exact) mass is 319 g/mol. The first kappa shape index (κ1) is 16.5. The summed E-state index contributed by atoms with van der Waals surface area (Å²) in [6, 6.07) is 3.85. The van der Waals surface area contributed by atoms with E-state index in [-0.39, 0.29) is 13.0 Å². The van der Waals surface area contributed by atoms with E-state index in [0.717, 1.165) is 16.5 Å². The van der Waals surface area contributed by atoms with Crippen molar-refractivity contribution in [1.29, 1.82) is 0 Å². The third-order valence-electron chi connectivity index (χ3n) is 3.19. The predicted molar refractivity (Wildman–Crippen MR) is 80.8 cm³/mol. The van der Waals surface area contributed by atoms with Crippen LogP contribution in [-0.4, -0.2) is 41.1 Å². The number of fused-ring (bicyclic) bond motifs is 1. The molecule has 0 atom stereocenters. The molecule has 0 saturated carbocycles. The molecule has 0 saturated heterocycles. The second-order valence-electron chi connectivity index (χ2n) is 5.21. The quantitative estimate of drug-likeness (QED) is 0.704. The van der Waals surface area contributed by atoms with Crippen molar-refractivity contribution in [3.05, 3.63) is 29.0 Å². The number of rotatable bonds is 6. The first-order chi connectivity index (χ1) is 10.9. The molecule has 2 aromatic rings. The number of nitrogens with zero attached hydrogens (tertiary/aromatic N) is 1. The number of nitrogens with one attached hydrogen (secondary N) is 2. The highest BCUT2D eigenvalue weighted by Gasteiger charge is 2.15. The molecule has 1 heterocycles. The Kier molecular flexibility index (Phi) is 4.95. The van der Waals surface area contributed by atoms with Crippen LogP contribution >= 0.6 is 0 Å². The number of carboxylic acids is 1. The molecule has 0 aliphatic heterocycles. The lowest BCUT2D eigenvalue weighted by Gasteiger charge is -2.04. The van der Waals surface area contributed by atoms with Gasteiger partial charge >= 0.3 is 5.97 Å². The molecule has 0 aliphatic carbocycles. The van der Waals surface area contributed by atoms with Crippen molar-refractivity contribution < 1.29 is 24.0 Å². The highest BCUT2D eigenvalue weighted by molar-refractivity contribution is 5.90. The van der Waals surface area contributed by atoms with E-state index in [2.05, 4.69) is 15.8 Å². The molecule has 0 fully saturated rings. The molecule has 0 radical (unpaired) electrons. The van der Waals surface area contributed by atoms with E-state index >= 15 is 0 Å². The number of aromatic nitrogens is 1. The number of carbonyl (C=O) groups is 3. The van der Waals surface area contributed by atoms with E-state index in [1.807, 2.05) is 26.0 Å². The van der Waals surface area contributed by atoms with Crippen molar-refractivity contribution in [3.63, 3.8) is 0 Å². The highest BCUT2D eigenvalue weighted by atomic mass is 16.5. The smallest absolute Gasteiger partial charge is 0.322 e. The maximum atomic E-state index is 11.9. The topological polar surface area (TPSA) is 122 Å². The Balaban J connectivity index is 1.96. The van der Waals surface area contributed by atoms with Crippen molar-refractivity contribution in [3.8, 4) is 0 Å².